The van der Waals surface area contributed by atoms with Gasteiger partial charge in [0.1, 0.15) is 5.82 Å². The molecule has 0 aromatic carbocycles. The van der Waals surface area contributed by atoms with E-state index in [4.69, 9.17) is 5.73 Å². The van der Waals surface area contributed by atoms with E-state index in [1.54, 1.807) is 12.3 Å². The van der Waals surface area contributed by atoms with Crippen molar-refractivity contribution in [2.75, 3.05) is 16.7 Å². The van der Waals surface area contributed by atoms with E-state index in [0.29, 0.717) is 22.8 Å². The van der Waals surface area contributed by atoms with Gasteiger partial charge in [0.25, 0.3) is 0 Å². The predicted octanol–water partition coefficient (Wildman–Crippen LogP) is 0.492. The lowest BCUT2D eigenvalue weighted by atomic mass is 10.2. The quantitative estimate of drug-likeness (QED) is 0.835. The van der Waals surface area contributed by atoms with E-state index in [2.05, 4.69) is 19.7 Å². The first-order valence-corrected chi connectivity index (χ1v) is 6.84. The summed E-state index contributed by atoms with van der Waals surface area (Å²) in [6.45, 7) is 0. The Morgan fingerprint density at radius 3 is 2.56 bits per heavy atom. The smallest absolute Gasteiger partial charge is 0.229 e. The molecule has 2 aromatic rings. The summed E-state index contributed by atoms with van der Waals surface area (Å²) >= 11 is 0. The van der Waals surface area contributed by atoms with Crippen LogP contribution >= 0.6 is 0 Å². The third-order valence-corrected chi connectivity index (χ3v) is 2.62. The van der Waals surface area contributed by atoms with Crippen LogP contribution in [-0.2, 0) is 10.0 Å². The molecule has 7 nitrogen and oxygen atoms in total. The number of aromatic nitrogens is 3. The third-order valence-electron chi connectivity index (χ3n) is 2.01. The molecule has 94 valence electrons. The van der Waals surface area contributed by atoms with E-state index >= 15 is 0 Å². The second-order valence-electron chi connectivity index (χ2n) is 3.66. The van der Waals surface area contributed by atoms with Gasteiger partial charge in [0, 0.05) is 11.8 Å². The van der Waals surface area contributed by atoms with E-state index in [1.807, 2.05) is 0 Å². The minimum absolute atomic E-state index is 0.317. The Balaban J connectivity index is 2.35. The predicted molar refractivity (Wildman–Crippen MR) is 68.1 cm³/mol. The van der Waals surface area contributed by atoms with Crippen LogP contribution in [-0.4, -0.2) is 29.6 Å². The highest BCUT2D eigenvalue weighted by Crippen LogP contribution is 2.19. The molecule has 0 saturated carbocycles. The minimum Gasteiger partial charge on any atom is -0.382 e. The van der Waals surface area contributed by atoms with Crippen LogP contribution in [0.25, 0.3) is 11.3 Å². The standard InChI is InChI=1S/C10H11N5O2S/c1-18(16,17)15-8-2-7(3-12-4-8)9-5-14-10(11)6-13-9/h2-6,15H,1H3,(H2,11,14). The monoisotopic (exact) mass is 265 g/mol. The molecule has 0 aliphatic carbocycles. The molecule has 0 aliphatic heterocycles. The average Bonchev–Trinajstić information content (AvgIpc) is 2.28. The molecule has 8 heteroatoms. The Morgan fingerprint density at radius 1 is 1.17 bits per heavy atom. The minimum atomic E-state index is -3.33. The summed E-state index contributed by atoms with van der Waals surface area (Å²) in [5.41, 5.74) is 7.02. The first-order chi connectivity index (χ1) is 8.44. The largest absolute Gasteiger partial charge is 0.382 e. The van der Waals surface area contributed by atoms with Gasteiger partial charge in [0.15, 0.2) is 0 Å². The normalized spacial score (nSPS) is 11.2. The Morgan fingerprint density at radius 2 is 1.94 bits per heavy atom. The van der Waals surface area contributed by atoms with Gasteiger partial charge in [0.2, 0.25) is 10.0 Å². The van der Waals surface area contributed by atoms with Crippen LogP contribution < -0.4 is 10.5 Å². The zero-order chi connectivity index (χ0) is 13.2. The van der Waals surface area contributed by atoms with Gasteiger partial charge < -0.3 is 5.73 Å². The number of rotatable bonds is 3. The number of hydrogen-bond acceptors (Lipinski definition) is 6. The Labute approximate surface area is 104 Å². The van der Waals surface area contributed by atoms with Crippen LogP contribution in [0.3, 0.4) is 0 Å². The fourth-order valence-corrected chi connectivity index (χ4v) is 1.88. The second-order valence-corrected chi connectivity index (χ2v) is 5.41. The zero-order valence-corrected chi connectivity index (χ0v) is 10.3. The molecule has 0 bridgehead atoms. The second kappa shape index (κ2) is 4.57. The van der Waals surface area contributed by atoms with E-state index in [0.717, 1.165) is 6.26 Å². The number of pyridine rings is 1. The number of nitrogen functional groups attached to an aromatic ring is 1. The maximum absolute atomic E-state index is 11.1. The molecule has 0 saturated heterocycles. The van der Waals surface area contributed by atoms with Crippen LogP contribution in [0.15, 0.2) is 30.9 Å². The van der Waals surface area contributed by atoms with Crippen molar-refractivity contribution in [2.24, 2.45) is 0 Å². The summed E-state index contributed by atoms with van der Waals surface area (Å²) in [4.78, 5) is 11.9. The van der Waals surface area contributed by atoms with Crippen molar-refractivity contribution in [1.29, 1.82) is 0 Å². The van der Waals surface area contributed by atoms with E-state index < -0.39 is 10.0 Å². The van der Waals surface area contributed by atoms with Gasteiger partial charge in [-0.1, -0.05) is 0 Å². The molecule has 0 unspecified atom stereocenters. The summed E-state index contributed by atoms with van der Waals surface area (Å²) in [7, 11) is -3.33. The number of hydrogen-bond donors (Lipinski definition) is 2. The Bertz CT molecular complexity index is 654. The molecule has 2 aromatic heterocycles. The van der Waals surface area contributed by atoms with Gasteiger partial charge in [-0.25, -0.2) is 13.4 Å². The molecule has 0 atom stereocenters. The van der Waals surface area contributed by atoms with Crippen LogP contribution in [0, 0.1) is 0 Å². The van der Waals surface area contributed by atoms with Gasteiger partial charge in [-0.3, -0.25) is 14.7 Å². The molecule has 18 heavy (non-hydrogen) atoms. The number of nitrogens with two attached hydrogens (primary N) is 1. The Kier molecular flexibility index (Phi) is 3.11. The topological polar surface area (TPSA) is 111 Å². The van der Waals surface area contributed by atoms with Crippen LogP contribution in [0.4, 0.5) is 11.5 Å². The van der Waals surface area contributed by atoms with Gasteiger partial charge in [-0.2, -0.15) is 0 Å². The highest BCUT2D eigenvalue weighted by atomic mass is 32.2. The van der Waals surface area contributed by atoms with Crippen LogP contribution in [0.5, 0.6) is 0 Å². The lowest BCUT2D eigenvalue weighted by molar-refractivity contribution is 0.607. The fraction of sp³-hybridized carbons (Fsp3) is 0.100. The first-order valence-electron chi connectivity index (χ1n) is 4.95. The van der Waals surface area contributed by atoms with Crippen molar-refractivity contribution < 1.29 is 8.42 Å². The molecule has 0 radical (unpaired) electrons. The summed E-state index contributed by atoms with van der Waals surface area (Å²) in [5.74, 6) is 0.317. The first kappa shape index (κ1) is 12.2. The van der Waals surface area contributed by atoms with Crippen molar-refractivity contribution in [1.82, 2.24) is 15.0 Å². The molecule has 3 N–H and O–H groups in total. The Hall–Kier alpha value is -2.22. The van der Waals surface area contributed by atoms with Gasteiger partial charge >= 0.3 is 0 Å². The molecule has 2 rings (SSSR count). The highest BCUT2D eigenvalue weighted by Gasteiger charge is 2.05. The van der Waals surface area contributed by atoms with E-state index in [-0.39, 0.29) is 0 Å². The van der Waals surface area contributed by atoms with Crippen molar-refractivity contribution in [3.05, 3.63) is 30.9 Å². The lowest BCUT2D eigenvalue weighted by Gasteiger charge is -2.05. The number of nitrogens with one attached hydrogen (secondary N) is 1. The number of anilines is 2. The van der Waals surface area contributed by atoms with E-state index in [9.17, 15) is 8.42 Å². The van der Waals surface area contributed by atoms with Crippen LogP contribution in [0.2, 0.25) is 0 Å². The van der Waals surface area contributed by atoms with Gasteiger partial charge in [0.05, 0.1) is 36.2 Å². The lowest BCUT2D eigenvalue weighted by Crippen LogP contribution is -2.09. The maximum Gasteiger partial charge on any atom is 0.229 e. The van der Waals surface area contributed by atoms with Gasteiger partial charge in [-0.15, -0.1) is 0 Å². The van der Waals surface area contributed by atoms with Crippen molar-refractivity contribution in [3.63, 3.8) is 0 Å². The number of sulfonamides is 1. The van der Waals surface area contributed by atoms with Crippen molar-refractivity contribution in [3.8, 4) is 11.3 Å². The molecule has 0 aliphatic rings. The molecule has 2 heterocycles. The fourth-order valence-electron chi connectivity index (χ4n) is 1.34. The van der Waals surface area contributed by atoms with Crippen molar-refractivity contribution >= 4 is 21.5 Å². The molecule has 0 amide bonds. The van der Waals surface area contributed by atoms with E-state index in [1.165, 1.54) is 18.6 Å². The SMILES string of the molecule is CS(=O)(=O)Nc1cncc(-c2cnc(N)cn2)c1. The molecule has 0 spiro atoms. The maximum atomic E-state index is 11.1. The van der Waals surface area contributed by atoms with Crippen LogP contribution in [0.1, 0.15) is 0 Å². The summed E-state index contributed by atoms with van der Waals surface area (Å²) in [5, 5.41) is 0. The summed E-state index contributed by atoms with van der Waals surface area (Å²) < 4.78 is 24.6. The van der Waals surface area contributed by atoms with Crippen molar-refractivity contribution in [2.45, 2.75) is 0 Å². The zero-order valence-electron chi connectivity index (χ0n) is 9.53. The molecular weight excluding hydrogens is 254 g/mol. The molecule has 0 fully saturated rings. The number of nitrogens with zero attached hydrogens (tertiary/aromatic N) is 3. The average molecular weight is 265 g/mol. The highest BCUT2D eigenvalue weighted by molar-refractivity contribution is 7.92. The summed E-state index contributed by atoms with van der Waals surface area (Å²) in [6.07, 6.45) is 6.97. The molecular formula is C10H11N5O2S. The van der Waals surface area contributed by atoms with Gasteiger partial charge in [-0.05, 0) is 6.07 Å². The summed E-state index contributed by atoms with van der Waals surface area (Å²) in [6, 6.07) is 1.62. The third kappa shape index (κ3) is 3.14.